The van der Waals surface area contributed by atoms with E-state index in [1.54, 1.807) is 36.3 Å². The molecule has 1 aliphatic heterocycles. The molecule has 0 aromatic heterocycles. The summed E-state index contributed by atoms with van der Waals surface area (Å²) in [7, 11) is 1.58. The van der Waals surface area contributed by atoms with E-state index in [4.69, 9.17) is 21.7 Å². The first-order valence-corrected chi connectivity index (χ1v) is 13.0. The van der Waals surface area contributed by atoms with Crippen molar-refractivity contribution < 1.29 is 23.9 Å². The lowest BCUT2D eigenvalue weighted by Gasteiger charge is -2.36. The second kappa shape index (κ2) is 16.1. The van der Waals surface area contributed by atoms with Crippen LogP contribution in [0.2, 0.25) is 0 Å². The maximum atomic E-state index is 12.5. The van der Waals surface area contributed by atoms with Gasteiger partial charge in [0.2, 0.25) is 11.8 Å². The summed E-state index contributed by atoms with van der Waals surface area (Å²) in [5.74, 6) is -0.317. The first-order chi connectivity index (χ1) is 16.9. The molecule has 1 aromatic carbocycles. The predicted octanol–water partition coefficient (Wildman–Crippen LogP) is 3.51. The molecular formula is C26H39N3O5S. The van der Waals surface area contributed by atoms with E-state index in [0.717, 1.165) is 24.8 Å². The Morgan fingerprint density at radius 3 is 2.40 bits per heavy atom. The number of ether oxygens (including phenoxy) is 2. The van der Waals surface area contributed by atoms with Gasteiger partial charge in [-0.3, -0.25) is 14.4 Å². The predicted molar refractivity (Wildman–Crippen MR) is 139 cm³/mol. The van der Waals surface area contributed by atoms with Crippen LogP contribution in [0.25, 0.3) is 0 Å². The molecule has 0 radical (unpaired) electrons. The molecule has 8 nitrogen and oxygen atoms in total. The van der Waals surface area contributed by atoms with Gasteiger partial charge in [0.15, 0.2) is 5.11 Å². The molecule has 1 saturated heterocycles. The molecule has 0 bridgehead atoms. The molecule has 0 saturated carbocycles. The quantitative estimate of drug-likeness (QED) is 0.227. The molecule has 1 aliphatic rings. The molecule has 1 fully saturated rings. The summed E-state index contributed by atoms with van der Waals surface area (Å²) < 4.78 is 10.5. The van der Waals surface area contributed by atoms with Gasteiger partial charge in [-0.25, -0.2) is 0 Å². The van der Waals surface area contributed by atoms with Crippen molar-refractivity contribution in [2.75, 3.05) is 26.8 Å². The topological polar surface area (TPSA) is 97.0 Å². The minimum absolute atomic E-state index is 0.114. The van der Waals surface area contributed by atoms with Crippen LogP contribution in [0.3, 0.4) is 0 Å². The van der Waals surface area contributed by atoms with Crippen LogP contribution in [-0.2, 0) is 25.5 Å². The van der Waals surface area contributed by atoms with Crippen molar-refractivity contribution in [3.05, 3.63) is 29.8 Å². The van der Waals surface area contributed by atoms with Gasteiger partial charge in [-0.2, -0.15) is 0 Å². The van der Waals surface area contributed by atoms with Crippen molar-refractivity contribution in [1.29, 1.82) is 0 Å². The molecular weight excluding hydrogens is 466 g/mol. The number of carbonyl (C=O) groups excluding carboxylic acids is 3. The van der Waals surface area contributed by atoms with Crippen molar-refractivity contribution in [3.63, 3.8) is 0 Å². The number of nitrogens with zero attached hydrogens (tertiary/aromatic N) is 1. The highest BCUT2D eigenvalue weighted by molar-refractivity contribution is 7.80. The van der Waals surface area contributed by atoms with Crippen molar-refractivity contribution >= 4 is 35.1 Å². The first-order valence-electron chi connectivity index (χ1n) is 12.6. The van der Waals surface area contributed by atoms with E-state index in [1.807, 2.05) is 0 Å². The molecule has 0 spiro atoms. The first kappa shape index (κ1) is 28.6. The number of rotatable bonds is 14. The van der Waals surface area contributed by atoms with E-state index >= 15 is 0 Å². The number of piperazine rings is 1. The van der Waals surface area contributed by atoms with E-state index in [0.29, 0.717) is 25.4 Å². The lowest BCUT2D eigenvalue weighted by molar-refractivity contribution is -0.147. The summed E-state index contributed by atoms with van der Waals surface area (Å²) in [5, 5.41) is 5.59. The summed E-state index contributed by atoms with van der Waals surface area (Å²) in [5.41, 5.74) is 0.809. The normalized spacial score (nSPS) is 15.3. The van der Waals surface area contributed by atoms with Crippen molar-refractivity contribution in [1.82, 2.24) is 15.5 Å². The van der Waals surface area contributed by atoms with E-state index < -0.39 is 12.0 Å². The summed E-state index contributed by atoms with van der Waals surface area (Å²) in [6, 6.07) is 6.38. The van der Waals surface area contributed by atoms with Gasteiger partial charge in [-0.1, -0.05) is 64.0 Å². The second-order valence-corrected chi connectivity index (χ2v) is 9.16. The summed E-state index contributed by atoms with van der Waals surface area (Å²) in [6.45, 7) is 3.35. The molecule has 2 amide bonds. The molecule has 1 atom stereocenters. The highest BCUT2D eigenvalue weighted by Crippen LogP contribution is 2.14. The molecule has 1 heterocycles. The zero-order valence-corrected chi connectivity index (χ0v) is 21.8. The molecule has 0 aliphatic carbocycles. The van der Waals surface area contributed by atoms with Gasteiger partial charge in [0.25, 0.3) is 0 Å². The Hall–Kier alpha value is -2.68. The summed E-state index contributed by atoms with van der Waals surface area (Å²) in [6.07, 6.45) is 9.31. The van der Waals surface area contributed by atoms with Gasteiger partial charge < -0.3 is 25.0 Å². The Morgan fingerprint density at radius 1 is 1.09 bits per heavy atom. The average Bonchev–Trinajstić information content (AvgIpc) is 2.84. The number of amides is 2. The number of hydrogen-bond donors (Lipinski definition) is 2. The number of thiocarbonyl (C=S) groups is 1. The highest BCUT2D eigenvalue weighted by Gasteiger charge is 2.34. The van der Waals surface area contributed by atoms with E-state index in [9.17, 15) is 14.4 Å². The number of hydrogen-bond acceptors (Lipinski definition) is 6. The van der Waals surface area contributed by atoms with Gasteiger partial charge in [0, 0.05) is 13.1 Å². The number of unbranched alkanes of at least 4 members (excludes halogenated alkanes) is 7. The number of esters is 1. The third-order valence-corrected chi connectivity index (χ3v) is 6.32. The average molecular weight is 506 g/mol. The monoisotopic (exact) mass is 505 g/mol. The Balaban J connectivity index is 1.75. The molecule has 1 aromatic rings. The van der Waals surface area contributed by atoms with Gasteiger partial charge >= 0.3 is 5.97 Å². The van der Waals surface area contributed by atoms with Crippen LogP contribution < -0.4 is 15.4 Å². The number of benzene rings is 1. The number of nitrogens with one attached hydrogen (secondary N) is 2. The number of methoxy groups -OCH3 is 1. The third-order valence-electron chi connectivity index (χ3n) is 5.98. The SMILES string of the molecule is CCCCCCCCCCOC(=O)CC1C(=O)NCCN1C(=S)NC(=O)Cc1ccc(OC)cc1. The smallest absolute Gasteiger partial charge is 0.308 e. The largest absolute Gasteiger partial charge is 0.497 e. The summed E-state index contributed by atoms with van der Waals surface area (Å²) in [4.78, 5) is 38.9. The number of carbonyl (C=O) groups is 3. The Bertz CT molecular complexity index is 831. The van der Waals surface area contributed by atoms with Crippen LogP contribution in [0.1, 0.15) is 70.3 Å². The molecule has 2 N–H and O–H groups in total. The van der Waals surface area contributed by atoms with E-state index in [-0.39, 0.29) is 29.8 Å². The van der Waals surface area contributed by atoms with Gasteiger partial charge in [-0.15, -0.1) is 0 Å². The second-order valence-electron chi connectivity index (χ2n) is 8.78. The lowest BCUT2D eigenvalue weighted by atomic mass is 10.1. The fourth-order valence-electron chi connectivity index (χ4n) is 3.96. The molecule has 1 unspecified atom stereocenters. The zero-order valence-electron chi connectivity index (χ0n) is 21.0. The zero-order chi connectivity index (χ0) is 25.5. The Kier molecular flexibility index (Phi) is 13.1. The van der Waals surface area contributed by atoms with Crippen LogP contribution >= 0.6 is 12.2 Å². The van der Waals surface area contributed by atoms with Gasteiger partial charge in [0.05, 0.1) is 26.6 Å². The minimum Gasteiger partial charge on any atom is -0.497 e. The van der Waals surface area contributed by atoms with Crippen LogP contribution in [0.15, 0.2) is 24.3 Å². The van der Waals surface area contributed by atoms with E-state index in [2.05, 4.69) is 17.6 Å². The molecule has 2 rings (SSSR count). The van der Waals surface area contributed by atoms with Crippen LogP contribution in [0, 0.1) is 0 Å². The van der Waals surface area contributed by atoms with Crippen LogP contribution in [0.5, 0.6) is 5.75 Å². The fourth-order valence-corrected chi connectivity index (χ4v) is 4.30. The molecule has 9 heteroatoms. The lowest BCUT2D eigenvalue weighted by Crippen LogP contribution is -2.60. The Labute approximate surface area is 214 Å². The van der Waals surface area contributed by atoms with E-state index in [1.165, 1.54) is 32.1 Å². The third kappa shape index (κ3) is 10.6. The maximum absolute atomic E-state index is 12.5. The molecule has 194 valence electrons. The Morgan fingerprint density at radius 2 is 1.74 bits per heavy atom. The van der Waals surface area contributed by atoms with Crippen molar-refractivity contribution in [2.24, 2.45) is 0 Å². The van der Waals surface area contributed by atoms with Crippen LogP contribution in [0.4, 0.5) is 0 Å². The van der Waals surface area contributed by atoms with Crippen molar-refractivity contribution in [3.8, 4) is 5.75 Å². The highest BCUT2D eigenvalue weighted by atomic mass is 32.1. The fraction of sp³-hybridized carbons (Fsp3) is 0.615. The van der Waals surface area contributed by atoms with Crippen molar-refractivity contribution in [2.45, 2.75) is 77.2 Å². The molecule has 35 heavy (non-hydrogen) atoms. The van der Waals surface area contributed by atoms with Crippen LogP contribution in [-0.4, -0.2) is 60.6 Å². The summed E-state index contributed by atoms with van der Waals surface area (Å²) >= 11 is 5.40. The van der Waals surface area contributed by atoms with Gasteiger partial charge in [0.1, 0.15) is 11.8 Å². The maximum Gasteiger partial charge on any atom is 0.308 e. The van der Waals surface area contributed by atoms with Gasteiger partial charge in [-0.05, 0) is 36.3 Å². The standard InChI is InChI=1S/C26H39N3O5S/c1-3-4-5-6-7-8-9-10-17-34-24(31)19-22-25(32)27-15-16-29(22)26(35)28-23(30)18-20-11-13-21(33-2)14-12-20/h11-14,22H,3-10,15-19H2,1-2H3,(H,27,32)(H,28,30,35). The minimum atomic E-state index is -0.802.